The van der Waals surface area contributed by atoms with Gasteiger partial charge in [0.2, 0.25) is 0 Å². The van der Waals surface area contributed by atoms with Crippen LogP contribution in [0.1, 0.15) is 24.2 Å². The number of ketones is 1. The first kappa shape index (κ1) is 15.2. The fourth-order valence-corrected chi connectivity index (χ4v) is 1.74. The molecule has 0 aliphatic heterocycles. The van der Waals surface area contributed by atoms with E-state index < -0.39 is 23.9 Å². The van der Waals surface area contributed by atoms with Crippen LogP contribution in [-0.2, 0) is 4.79 Å². The normalized spacial score (nSPS) is 12.9. The maximum absolute atomic E-state index is 12.4. The number of benzene rings is 1. The van der Waals surface area contributed by atoms with E-state index in [4.69, 9.17) is 0 Å². The van der Waals surface area contributed by atoms with Crippen molar-refractivity contribution in [2.75, 3.05) is 6.54 Å². The van der Waals surface area contributed by atoms with Crippen LogP contribution in [0.3, 0.4) is 0 Å². The van der Waals surface area contributed by atoms with Gasteiger partial charge in [-0.05, 0) is 13.8 Å². The highest BCUT2D eigenvalue weighted by atomic mass is 19.4. The number of hydrogen-bond donors (Lipinski definition) is 0. The number of rotatable bonds is 4. The van der Waals surface area contributed by atoms with Gasteiger partial charge in [0, 0.05) is 12.1 Å². The van der Waals surface area contributed by atoms with E-state index in [0.29, 0.717) is 4.90 Å². The minimum atomic E-state index is -4.97. The van der Waals surface area contributed by atoms with Gasteiger partial charge in [0.15, 0.2) is 5.78 Å². The molecule has 1 amide bonds. The third kappa shape index (κ3) is 3.56. The second-order valence-electron chi connectivity index (χ2n) is 4.00. The van der Waals surface area contributed by atoms with Crippen LogP contribution in [-0.4, -0.2) is 35.4 Å². The summed E-state index contributed by atoms with van der Waals surface area (Å²) in [6.07, 6.45) is -4.97. The Balaban J connectivity index is 2.94. The molecule has 1 unspecified atom stereocenters. The number of halogens is 3. The van der Waals surface area contributed by atoms with E-state index >= 15 is 0 Å². The van der Waals surface area contributed by atoms with Crippen molar-refractivity contribution in [3.63, 3.8) is 0 Å². The maximum atomic E-state index is 12.4. The topological polar surface area (TPSA) is 37.4 Å². The number of hydrogen-bond acceptors (Lipinski definition) is 2. The zero-order valence-corrected chi connectivity index (χ0v) is 10.6. The molecule has 6 heteroatoms. The summed E-state index contributed by atoms with van der Waals surface area (Å²) in [4.78, 5) is 23.8. The van der Waals surface area contributed by atoms with E-state index in [1.165, 1.54) is 26.0 Å². The van der Waals surface area contributed by atoms with Gasteiger partial charge in [-0.15, -0.1) is 0 Å². The van der Waals surface area contributed by atoms with Crippen molar-refractivity contribution in [3.8, 4) is 0 Å². The van der Waals surface area contributed by atoms with Crippen LogP contribution in [0.4, 0.5) is 13.2 Å². The largest absolute Gasteiger partial charge is 0.471 e. The van der Waals surface area contributed by atoms with Crippen molar-refractivity contribution in [3.05, 3.63) is 35.9 Å². The first-order valence-corrected chi connectivity index (χ1v) is 5.76. The molecule has 0 saturated heterocycles. The molecule has 1 aromatic rings. The first-order valence-electron chi connectivity index (χ1n) is 5.76. The standard InChI is InChI=1S/C13H14F3NO2/c1-3-17(12(19)13(14,15)16)9(2)11(18)10-7-5-4-6-8-10/h4-9H,3H2,1-2H3. The fourth-order valence-electron chi connectivity index (χ4n) is 1.74. The summed E-state index contributed by atoms with van der Waals surface area (Å²) in [5.41, 5.74) is 0.281. The predicted octanol–water partition coefficient (Wildman–Crippen LogP) is 2.67. The van der Waals surface area contributed by atoms with Crippen LogP contribution in [0.15, 0.2) is 30.3 Å². The summed E-state index contributed by atoms with van der Waals surface area (Å²) in [5.74, 6) is -2.51. The Bertz CT molecular complexity index is 457. The van der Waals surface area contributed by atoms with E-state index in [9.17, 15) is 22.8 Å². The number of carbonyl (C=O) groups excluding carboxylic acids is 2. The third-order valence-electron chi connectivity index (χ3n) is 2.75. The Kier molecular flexibility index (Phi) is 4.69. The lowest BCUT2D eigenvalue weighted by atomic mass is 10.0. The Hall–Kier alpha value is -1.85. The highest BCUT2D eigenvalue weighted by Crippen LogP contribution is 2.21. The molecule has 1 aromatic carbocycles. The van der Waals surface area contributed by atoms with Crippen LogP contribution >= 0.6 is 0 Å². The van der Waals surface area contributed by atoms with Gasteiger partial charge in [0.25, 0.3) is 0 Å². The first-order chi connectivity index (χ1) is 8.79. The molecular weight excluding hydrogens is 259 g/mol. The highest BCUT2D eigenvalue weighted by Gasteiger charge is 2.44. The van der Waals surface area contributed by atoms with Crippen molar-refractivity contribution in [1.82, 2.24) is 4.90 Å². The molecule has 0 saturated carbocycles. The van der Waals surface area contributed by atoms with E-state index in [1.54, 1.807) is 18.2 Å². The summed E-state index contributed by atoms with van der Waals surface area (Å²) in [5, 5.41) is 0. The minimum Gasteiger partial charge on any atom is -0.325 e. The second-order valence-corrected chi connectivity index (χ2v) is 4.00. The van der Waals surface area contributed by atoms with Gasteiger partial charge in [0.1, 0.15) is 0 Å². The molecule has 0 aliphatic rings. The predicted molar refractivity (Wildman–Crippen MR) is 63.7 cm³/mol. The smallest absolute Gasteiger partial charge is 0.325 e. The SMILES string of the molecule is CCN(C(=O)C(F)(F)F)C(C)C(=O)c1ccccc1. The summed E-state index contributed by atoms with van der Waals surface area (Å²) in [7, 11) is 0. The zero-order valence-electron chi connectivity index (χ0n) is 10.6. The Labute approximate surface area is 109 Å². The van der Waals surface area contributed by atoms with E-state index in [-0.39, 0.29) is 12.1 Å². The number of nitrogens with zero attached hydrogens (tertiary/aromatic N) is 1. The Morgan fingerprint density at radius 3 is 2.16 bits per heavy atom. The number of likely N-dealkylation sites (N-methyl/N-ethyl adjacent to an activating group) is 1. The second kappa shape index (κ2) is 5.86. The van der Waals surface area contributed by atoms with Gasteiger partial charge < -0.3 is 4.90 Å². The zero-order chi connectivity index (χ0) is 14.6. The molecule has 0 spiro atoms. The molecule has 3 nitrogen and oxygen atoms in total. The molecule has 1 atom stereocenters. The lowest BCUT2D eigenvalue weighted by Gasteiger charge is -2.27. The van der Waals surface area contributed by atoms with Crippen LogP contribution in [0.25, 0.3) is 0 Å². The summed E-state index contributed by atoms with van der Waals surface area (Å²) in [6.45, 7) is 2.51. The van der Waals surface area contributed by atoms with E-state index in [1.807, 2.05) is 0 Å². The number of amides is 1. The van der Waals surface area contributed by atoms with Crippen molar-refractivity contribution in [1.29, 1.82) is 0 Å². The molecule has 19 heavy (non-hydrogen) atoms. The Morgan fingerprint density at radius 2 is 1.74 bits per heavy atom. The van der Waals surface area contributed by atoms with Crippen LogP contribution in [0, 0.1) is 0 Å². The van der Waals surface area contributed by atoms with Crippen molar-refractivity contribution in [2.45, 2.75) is 26.1 Å². The Morgan fingerprint density at radius 1 is 1.21 bits per heavy atom. The lowest BCUT2D eigenvalue weighted by Crippen LogP contribution is -2.48. The average molecular weight is 273 g/mol. The molecule has 0 radical (unpaired) electrons. The quantitative estimate of drug-likeness (QED) is 0.791. The van der Waals surface area contributed by atoms with Crippen molar-refractivity contribution < 1.29 is 22.8 Å². The summed E-state index contributed by atoms with van der Waals surface area (Å²) >= 11 is 0. The number of Topliss-reactive ketones (excluding diaryl/α,β-unsaturated/α-hetero) is 1. The van der Waals surface area contributed by atoms with E-state index in [0.717, 1.165) is 0 Å². The van der Waals surface area contributed by atoms with Gasteiger partial charge in [-0.2, -0.15) is 13.2 Å². The lowest BCUT2D eigenvalue weighted by molar-refractivity contribution is -0.186. The maximum Gasteiger partial charge on any atom is 0.471 e. The van der Waals surface area contributed by atoms with Gasteiger partial charge >= 0.3 is 12.1 Å². The van der Waals surface area contributed by atoms with Crippen LogP contribution < -0.4 is 0 Å². The molecule has 0 fully saturated rings. The van der Waals surface area contributed by atoms with Gasteiger partial charge in [-0.25, -0.2) is 0 Å². The summed E-state index contributed by atoms with van der Waals surface area (Å²) in [6, 6.07) is 6.78. The van der Waals surface area contributed by atoms with Crippen LogP contribution in [0.2, 0.25) is 0 Å². The molecule has 0 bridgehead atoms. The number of alkyl halides is 3. The van der Waals surface area contributed by atoms with Gasteiger partial charge in [-0.3, -0.25) is 9.59 Å². The van der Waals surface area contributed by atoms with E-state index in [2.05, 4.69) is 0 Å². The highest BCUT2D eigenvalue weighted by molar-refractivity contribution is 6.02. The monoisotopic (exact) mass is 273 g/mol. The molecular formula is C13H14F3NO2. The molecule has 1 rings (SSSR count). The molecule has 0 N–H and O–H groups in total. The molecule has 104 valence electrons. The van der Waals surface area contributed by atoms with Crippen LogP contribution in [0.5, 0.6) is 0 Å². The molecule has 0 aromatic heterocycles. The van der Waals surface area contributed by atoms with Crippen molar-refractivity contribution in [2.24, 2.45) is 0 Å². The third-order valence-corrected chi connectivity index (χ3v) is 2.75. The summed E-state index contributed by atoms with van der Waals surface area (Å²) < 4.78 is 37.2. The number of carbonyl (C=O) groups is 2. The average Bonchev–Trinajstić information content (AvgIpc) is 2.38. The van der Waals surface area contributed by atoms with Gasteiger partial charge in [-0.1, -0.05) is 30.3 Å². The van der Waals surface area contributed by atoms with Crippen molar-refractivity contribution >= 4 is 11.7 Å². The fraction of sp³-hybridized carbons (Fsp3) is 0.385. The molecule has 0 aliphatic carbocycles. The minimum absolute atomic E-state index is 0.182. The van der Waals surface area contributed by atoms with Gasteiger partial charge in [0.05, 0.1) is 6.04 Å². The molecule has 0 heterocycles.